The Bertz CT molecular complexity index is 1030. The molecule has 0 fully saturated rings. The van der Waals surface area contributed by atoms with Crippen molar-refractivity contribution in [2.45, 2.75) is 5.78 Å². The minimum atomic E-state index is -3.14. The lowest BCUT2D eigenvalue weighted by molar-refractivity contribution is 0.415. The molecule has 0 aliphatic rings. The Hall–Kier alpha value is -3.23. The lowest BCUT2D eigenvalue weighted by Gasteiger charge is -2.29. The Morgan fingerprint density at radius 2 is 1.38 bits per heavy atom. The molecular weight excluding hydrogens is 381 g/mol. The van der Waals surface area contributed by atoms with Crippen LogP contribution in [0.25, 0.3) is 0 Å². The molecule has 4 aromatic rings. The summed E-state index contributed by atoms with van der Waals surface area (Å²) < 4.78 is 25.8. The van der Waals surface area contributed by atoms with Crippen LogP contribution >= 0.6 is 7.14 Å². The molecular formula is C24H22NO3P. The van der Waals surface area contributed by atoms with Crippen LogP contribution in [0.15, 0.2) is 108 Å². The zero-order valence-electron chi connectivity index (χ0n) is 16.1. The van der Waals surface area contributed by atoms with Gasteiger partial charge in [0.05, 0.1) is 13.4 Å². The third-order valence-corrected chi connectivity index (χ3v) is 8.09. The lowest BCUT2D eigenvalue weighted by atomic mass is 10.3. The Balaban J connectivity index is 1.86. The highest BCUT2D eigenvalue weighted by atomic mass is 31.2. The fourth-order valence-electron chi connectivity index (χ4n) is 3.38. The van der Waals surface area contributed by atoms with E-state index in [1.165, 1.54) is 0 Å². The summed E-state index contributed by atoms with van der Waals surface area (Å²) in [6.07, 6.45) is 1.61. The number of methoxy groups -OCH3 is 1. The van der Waals surface area contributed by atoms with E-state index in [9.17, 15) is 4.57 Å². The average molecular weight is 403 g/mol. The van der Waals surface area contributed by atoms with Crippen molar-refractivity contribution < 1.29 is 13.7 Å². The Kier molecular flexibility index (Phi) is 5.55. The first-order chi connectivity index (χ1) is 14.2. The first-order valence-electron chi connectivity index (χ1n) is 9.37. The Morgan fingerprint density at radius 3 is 1.86 bits per heavy atom. The summed E-state index contributed by atoms with van der Waals surface area (Å²) in [4.78, 5) is 0. The summed E-state index contributed by atoms with van der Waals surface area (Å²) in [6.45, 7) is 0. The van der Waals surface area contributed by atoms with Crippen LogP contribution in [-0.2, 0) is 4.57 Å². The van der Waals surface area contributed by atoms with Crippen LogP contribution in [-0.4, -0.2) is 7.11 Å². The lowest BCUT2D eigenvalue weighted by Crippen LogP contribution is -2.25. The van der Waals surface area contributed by atoms with Gasteiger partial charge in [0.2, 0.25) is 0 Å². The summed E-state index contributed by atoms with van der Waals surface area (Å²) in [5.74, 6) is 0.826. The molecule has 3 aromatic carbocycles. The zero-order valence-corrected chi connectivity index (χ0v) is 17.0. The molecule has 29 heavy (non-hydrogen) atoms. The Morgan fingerprint density at radius 1 is 0.793 bits per heavy atom. The van der Waals surface area contributed by atoms with Crippen molar-refractivity contribution in [3.05, 3.63) is 109 Å². The van der Waals surface area contributed by atoms with Crippen LogP contribution in [0.1, 0.15) is 11.5 Å². The molecule has 0 aliphatic carbocycles. The molecule has 5 heteroatoms. The quantitative estimate of drug-likeness (QED) is 0.419. The van der Waals surface area contributed by atoms with Gasteiger partial charge in [0, 0.05) is 16.3 Å². The van der Waals surface area contributed by atoms with E-state index in [1.807, 2.05) is 97.1 Å². The van der Waals surface area contributed by atoms with Gasteiger partial charge in [-0.3, -0.25) is 0 Å². The fourth-order valence-corrected chi connectivity index (χ4v) is 6.34. The molecule has 0 spiro atoms. The van der Waals surface area contributed by atoms with Crippen molar-refractivity contribution >= 4 is 23.4 Å². The first-order valence-corrected chi connectivity index (χ1v) is 11.1. The highest BCUT2D eigenvalue weighted by Gasteiger charge is 2.39. The van der Waals surface area contributed by atoms with E-state index in [1.54, 1.807) is 13.4 Å². The van der Waals surface area contributed by atoms with Crippen LogP contribution < -0.4 is 20.7 Å². The zero-order chi connectivity index (χ0) is 20.1. The van der Waals surface area contributed by atoms with Gasteiger partial charge in [0.1, 0.15) is 17.3 Å². The summed E-state index contributed by atoms with van der Waals surface area (Å²) in [5, 5.41) is 5.00. The van der Waals surface area contributed by atoms with Crippen LogP contribution in [0.3, 0.4) is 0 Å². The monoisotopic (exact) mass is 403 g/mol. The molecule has 0 saturated carbocycles. The molecule has 0 saturated heterocycles. The molecule has 0 bridgehead atoms. The van der Waals surface area contributed by atoms with Gasteiger partial charge in [0.25, 0.3) is 0 Å². The normalized spacial score (nSPS) is 12.3. The predicted molar refractivity (Wildman–Crippen MR) is 118 cm³/mol. The van der Waals surface area contributed by atoms with E-state index < -0.39 is 12.9 Å². The number of ether oxygens (including phenoxy) is 1. The number of benzene rings is 3. The van der Waals surface area contributed by atoms with Gasteiger partial charge in [-0.15, -0.1) is 0 Å². The van der Waals surface area contributed by atoms with Crippen molar-refractivity contribution in [3.8, 4) is 5.75 Å². The van der Waals surface area contributed by atoms with Crippen molar-refractivity contribution in [2.75, 3.05) is 12.4 Å². The van der Waals surface area contributed by atoms with Gasteiger partial charge in [-0.1, -0.05) is 60.7 Å². The van der Waals surface area contributed by atoms with Crippen molar-refractivity contribution in [1.29, 1.82) is 0 Å². The standard InChI is InChI=1S/C24H22NO3P/c1-27-20-16-14-19(15-17-20)25-24(23-13-8-18-28-23)29(26,21-9-4-2-5-10-21)22-11-6-3-7-12-22/h2-18,24-25H,1H3/t24-/m1/s1. The predicted octanol–water partition coefficient (Wildman–Crippen LogP) is 5.41. The number of hydrogen-bond acceptors (Lipinski definition) is 4. The third kappa shape index (κ3) is 3.85. The molecule has 0 aliphatic heterocycles. The van der Waals surface area contributed by atoms with E-state index in [0.29, 0.717) is 5.76 Å². The number of nitrogens with one attached hydrogen (secondary N) is 1. The molecule has 1 N–H and O–H groups in total. The van der Waals surface area contributed by atoms with Gasteiger partial charge in [-0.05, 0) is 36.4 Å². The molecule has 0 unspecified atom stereocenters. The summed E-state index contributed by atoms with van der Waals surface area (Å²) in [5.41, 5.74) is 0.833. The maximum Gasteiger partial charge on any atom is 0.171 e. The summed E-state index contributed by atoms with van der Waals surface area (Å²) in [6, 6.07) is 30.4. The largest absolute Gasteiger partial charge is 0.497 e. The number of furan rings is 1. The van der Waals surface area contributed by atoms with Gasteiger partial charge < -0.3 is 19.0 Å². The highest BCUT2D eigenvalue weighted by Crippen LogP contribution is 2.57. The highest BCUT2D eigenvalue weighted by molar-refractivity contribution is 7.79. The molecule has 1 atom stereocenters. The van der Waals surface area contributed by atoms with E-state index >= 15 is 0 Å². The average Bonchev–Trinajstić information content (AvgIpc) is 3.33. The van der Waals surface area contributed by atoms with Crippen LogP contribution in [0.4, 0.5) is 5.69 Å². The van der Waals surface area contributed by atoms with Gasteiger partial charge in [-0.2, -0.15) is 0 Å². The second kappa shape index (κ2) is 8.42. The second-order valence-corrected chi connectivity index (χ2v) is 9.49. The van der Waals surface area contributed by atoms with Crippen LogP contribution in [0.5, 0.6) is 5.75 Å². The molecule has 1 aromatic heterocycles. The minimum absolute atomic E-state index is 0.560. The van der Waals surface area contributed by atoms with Gasteiger partial charge in [0.15, 0.2) is 7.14 Å². The molecule has 0 amide bonds. The molecule has 4 rings (SSSR count). The SMILES string of the molecule is COc1ccc(N[C@@H](c2ccco2)P(=O)(c2ccccc2)c2ccccc2)cc1. The van der Waals surface area contributed by atoms with E-state index in [4.69, 9.17) is 9.15 Å². The molecule has 146 valence electrons. The van der Waals surface area contributed by atoms with Crippen molar-refractivity contribution in [2.24, 2.45) is 0 Å². The topological polar surface area (TPSA) is 51.5 Å². The smallest absolute Gasteiger partial charge is 0.171 e. The maximum absolute atomic E-state index is 14.8. The van der Waals surface area contributed by atoms with Crippen LogP contribution in [0.2, 0.25) is 0 Å². The van der Waals surface area contributed by atoms with E-state index in [2.05, 4.69) is 5.32 Å². The van der Waals surface area contributed by atoms with Crippen molar-refractivity contribution in [1.82, 2.24) is 0 Å². The minimum Gasteiger partial charge on any atom is -0.497 e. The molecule has 4 nitrogen and oxygen atoms in total. The number of hydrogen-bond donors (Lipinski definition) is 1. The first kappa shape index (κ1) is 19.1. The molecule has 0 radical (unpaired) electrons. The number of rotatable bonds is 7. The number of anilines is 1. The van der Waals surface area contributed by atoms with E-state index in [0.717, 1.165) is 22.0 Å². The second-order valence-electron chi connectivity index (χ2n) is 6.62. The fraction of sp³-hybridized carbons (Fsp3) is 0.0833. The maximum atomic E-state index is 14.8. The molecule has 1 heterocycles. The third-order valence-electron chi connectivity index (χ3n) is 4.85. The van der Waals surface area contributed by atoms with Crippen LogP contribution in [0, 0.1) is 0 Å². The summed E-state index contributed by atoms with van der Waals surface area (Å²) in [7, 11) is -1.51. The van der Waals surface area contributed by atoms with Gasteiger partial charge in [-0.25, -0.2) is 0 Å². The summed E-state index contributed by atoms with van der Waals surface area (Å²) >= 11 is 0. The van der Waals surface area contributed by atoms with Gasteiger partial charge >= 0.3 is 0 Å². The van der Waals surface area contributed by atoms with E-state index in [-0.39, 0.29) is 0 Å². The Labute approximate surface area is 170 Å². The van der Waals surface area contributed by atoms with Crippen molar-refractivity contribution in [3.63, 3.8) is 0 Å².